The second-order valence-electron chi connectivity index (χ2n) is 3.27. The van der Waals surface area contributed by atoms with Crippen LogP contribution in [-0.4, -0.2) is 19.1 Å². The number of hydrogen-bond donors (Lipinski definition) is 2. The Balaban J connectivity index is 2.37. The van der Waals surface area contributed by atoms with Crippen LogP contribution in [0.25, 0.3) is 0 Å². The molecule has 0 saturated carbocycles. The van der Waals surface area contributed by atoms with Gasteiger partial charge in [-0.05, 0) is 22.9 Å². The van der Waals surface area contributed by atoms with Gasteiger partial charge in [-0.25, -0.2) is 10.8 Å². The summed E-state index contributed by atoms with van der Waals surface area (Å²) in [4.78, 5) is 16.0. The highest BCUT2D eigenvalue weighted by molar-refractivity contribution is 9.10. The number of nitrogen functional groups attached to an aromatic ring is 1. The van der Waals surface area contributed by atoms with Crippen molar-refractivity contribution < 1.29 is 0 Å². The van der Waals surface area contributed by atoms with E-state index in [-0.39, 0.29) is 12.1 Å². The summed E-state index contributed by atoms with van der Waals surface area (Å²) in [5.74, 6) is 5.31. The molecule has 0 atom stereocenters. The molecule has 2 aromatic heterocycles. The van der Waals surface area contributed by atoms with Gasteiger partial charge < -0.3 is 5.43 Å². The third-order valence-corrected chi connectivity index (χ3v) is 3.78. The van der Waals surface area contributed by atoms with Crippen LogP contribution in [0.3, 0.4) is 0 Å². The van der Waals surface area contributed by atoms with E-state index in [0.29, 0.717) is 20.9 Å². The molecule has 0 amide bonds. The molecule has 0 aliphatic rings. The first-order valence-corrected chi connectivity index (χ1v) is 6.19. The molecule has 9 heteroatoms. The molecule has 0 unspecified atom stereocenters. The maximum absolute atomic E-state index is 11.9. The van der Waals surface area contributed by atoms with Crippen LogP contribution in [0.1, 0.15) is 11.4 Å². The lowest BCUT2D eigenvalue weighted by Crippen LogP contribution is -2.23. The number of aromatic nitrogens is 4. The van der Waals surface area contributed by atoms with E-state index in [1.54, 1.807) is 6.92 Å². The Hall–Kier alpha value is -1.32. The lowest BCUT2D eigenvalue weighted by molar-refractivity contribution is 0.706. The van der Waals surface area contributed by atoms with Crippen molar-refractivity contribution in [2.45, 2.75) is 13.5 Å². The molecule has 0 aliphatic heterocycles. The summed E-state index contributed by atoms with van der Waals surface area (Å²) in [5, 5.41) is 4.53. The number of anilines is 1. The standard InChI is InChI=1S/C8H9BrN6OS/c1-4-6(9)8(16)15(3-11-4)2-5-7(12-10)17-14-13-5/h3,12H,2,10H2,1H3. The van der Waals surface area contributed by atoms with E-state index >= 15 is 0 Å². The topological polar surface area (TPSA) is 98.7 Å². The minimum atomic E-state index is -0.159. The Kier molecular flexibility index (Phi) is 3.50. The lowest BCUT2D eigenvalue weighted by Gasteiger charge is -2.05. The van der Waals surface area contributed by atoms with Gasteiger partial charge >= 0.3 is 0 Å². The molecular weight excluding hydrogens is 308 g/mol. The second kappa shape index (κ2) is 4.90. The molecule has 2 rings (SSSR count). The van der Waals surface area contributed by atoms with Crippen LogP contribution >= 0.6 is 27.5 Å². The molecular formula is C8H9BrN6OS. The summed E-state index contributed by atoms with van der Waals surface area (Å²) < 4.78 is 5.65. The fourth-order valence-corrected chi connectivity index (χ4v) is 2.06. The first-order valence-electron chi connectivity index (χ1n) is 4.63. The zero-order valence-electron chi connectivity index (χ0n) is 8.85. The van der Waals surface area contributed by atoms with E-state index in [2.05, 4.69) is 35.9 Å². The largest absolute Gasteiger partial charge is 0.313 e. The van der Waals surface area contributed by atoms with Gasteiger partial charge in [-0.3, -0.25) is 9.36 Å². The van der Waals surface area contributed by atoms with E-state index in [9.17, 15) is 4.79 Å². The van der Waals surface area contributed by atoms with Crippen molar-refractivity contribution in [3.8, 4) is 0 Å². The molecule has 2 aromatic rings. The lowest BCUT2D eigenvalue weighted by atomic mass is 10.4. The van der Waals surface area contributed by atoms with Gasteiger partial charge in [0.2, 0.25) is 0 Å². The molecule has 7 nitrogen and oxygen atoms in total. The van der Waals surface area contributed by atoms with Crippen molar-refractivity contribution in [1.82, 2.24) is 19.1 Å². The zero-order chi connectivity index (χ0) is 12.4. The average Bonchev–Trinajstić information content (AvgIpc) is 2.77. The van der Waals surface area contributed by atoms with Gasteiger partial charge in [0.1, 0.15) is 15.2 Å². The number of rotatable bonds is 3. The van der Waals surface area contributed by atoms with Crippen LogP contribution in [0, 0.1) is 6.92 Å². The van der Waals surface area contributed by atoms with Crippen LogP contribution in [0.2, 0.25) is 0 Å². The monoisotopic (exact) mass is 316 g/mol. The number of nitrogens with two attached hydrogens (primary N) is 1. The number of hydrogen-bond acceptors (Lipinski definition) is 7. The van der Waals surface area contributed by atoms with Gasteiger partial charge in [0.15, 0.2) is 0 Å². The fourth-order valence-electron chi connectivity index (χ4n) is 1.24. The third kappa shape index (κ3) is 2.35. The quantitative estimate of drug-likeness (QED) is 0.632. The van der Waals surface area contributed by atoms with E-state index in [1.165, 1.54) is 10.9 Å². The summed E-state index contributed by atoms with van der Waals surface area (Å²) in [7, 11) is 0. The highest BCUT2D eigenvalue weighted by Gasteiger charge is 2.10. The van der Waals surface area contributed by atoms with Crippen LogP contribution in [-0.2, 0) is 6.54 Å². The number of nitrogens with one attached hydrogen (secondary N) is 1. The molecule has 17 heavy (non-hydrogen) atoms. The summed E-state index contributed by atoms with van der Waals surface area (Å²) in [6.45, 7) is 2.04. The first-order chi connectivity index (χ1) is 8.13. The summed E-state index contributed by atoms with van der Waals surface area (Å²) in [6.07, 6.45) is 1.47. The maximum Gasteiger partial charge on any atom is 0.268 e. The van der Waals surface area contributed by atoms with Gasteiger partial charge in [0.05, 0.1) is 18.6 Å². The Morgan fingerprint density at radius 1 is 1.65 bits per heavy atom. The number of aryl methyl sites for hydroxylation is 1. The van der Waals surface area contributed by atoms with Crippen molar-refractivity contribution in [2.24, 2.45) is 5.84 Å². The smallest absolute Gasteiger partial charge is 0.268 e. The summed E-state index contributed by atoms with van der Waals surface area (Å²) >= 11 is 4.34. The molecule has 0 saturated heterocycles. The van der Waals surface area contributed by atoms with Crippen LogP contribution in [0.15, 0.2) is 15.6 Å². The normalized spacial score (nSPS) is 10.5. The molecule has 0 aromatic carbocycles. The average molecular weight is 317 g/mol. The molecule has 2 heterocycles. The predicted molar refractivity (Wildman–Crippen MR) is 67.8 cm³/mol. The van der Waals surface area contributed by atoms with E-state index in [4.69, 9.17) is 5.84 Å². The highest BCUT2D eigenvalue weighted by atomic mass is 79.9. The second-order valence-corrected chi connectivity index (χ2v) is 4.82. The van der Waals surface area contributed by atoms with Gasteiger partial charge in [0.25, 0.3) is 5.56 Å². The van der Waals surface area contributed by atoms with E-state index < -0.39 is 0 Å². The fraction of sp³-hybridized carbons (Fsp3) is 0.250. The highest BCUT2D eigenvalue weighted by Crippen LogP contribution is 2.16. The van der Waals surface area contributed by atoms with Crippen molar-refractivity contribution >= 4 is 32.5 Å². The Labute approximate surface area is 109 Å². The van der Waals surface area contributed by atoms with Crippen molar-refractivity contribution in [1.29, 1.82) is 0 Å². The summed E-state index contributed by atoms with van der Waals surface area (Å²) in [6, 6.07) is 0. The van der Waals surface area contributed by atoms with E-state index in [1.807, 2.05) is 0 Å². The van der Waals surface area contributed by atoms with Crippen molar-refractivity contribution in [2.75, 3.05) is 5.43 Å². The zero-order valence-corrected chi connectivity index (χ0v) is 11.2. The minimum Gasteiger partial charge on any atom is -0.313 e. The van der Waals surface area contributed by atoms with Gasteiger partial charge in [-0.15, -0.1) is 5.10 Å². The number of hydrazine groups is 1. The minimum absolute atomic E-state index is 0.159. The van der Waals surface area contributed by atoms with Crippen molar-refractivity contribution in [3.63, 3.8) is 0 Å². The molecule has 0 fully saturated rings. The molecule has 0 radical (unpaired) electrons. The van der Waals surface area contributed by atoms with Crippen LogP contribution in [0.5, 0.6) is 0 Å². The Bertz CT molecular complexity index is 594. The van der Waals surface area contributed by atoms with Gasteiger partial charge in [-0.1, -0.05) is 4.49 Å². The first kappa shape index (κ1) is 12.1. The Morgan fingerprint density at radius 3 is 3.12 bits per heavy atom. The summed E-state index contributed by atoms with van der Waals surface area (Å²) in [5.41, 5.74) is 3.59. The van der Waals surface area contributed by atoms with Gasteiger partial charge in [-0.2, -0.15) is 0 Å². The van der Waals surface area contributed by atoms with E-state index in [0.717, 1.165) is 11.5 Å². The molecule has 90 valence electrons. The number of halogens is 1. The molecule has 3 N–H and O–H groups in total. The Morgan fingerprint density at radius 2 is 2.41 bits per heavy atom. The van der Waals surface area contributed by atoms with Crippen LogP contribution in [0.4, 0.5) is 5.00 Å². The third-order valence-electron chi connectivity index (χ3n) is 2.16. The number of nitrogens with zero attached hydrogens (tertiary/aromatic N) is 4. The van der Waals surface area contributed by atoms with Gasteiger partial charge in [0, 0.05) is 11.5 Å². The molecule has 0 aliphatic carbocycles. The molecule has 0 bridgehead atoms. The molecule has 0 spiro atoms. The maximum atomic E-state index is 11.9. The van der Waals surface area contributed by atoms with Crippen molar-refractivity contribution in [3.05, 3.63) is 32.5 Å². The van der Waals surface area contributed by atoms with Crippen LogP contribution < -0.4 is 16.8 Å². The predicted octanol–water partition coefficient (Wildman–Crippen LogP) is 0.500. The SMILES string of the molecule is Cc1ncn(Cc2nnsc2NN)c(=O)c1Br.